The molecule has 2 aromatic rings. The van der Waals surface area contributed by atoms with Gasteiger partial charge in [-0.2, -0.15) is 0 Å². The van der Waals surface area contributed by atoms with Gasteiger partial charge in [-0.3, -0.25) is 9.10 Å². The Hall–Kier alpha value is -1.96. The Kier molecular flexibility index (Phi) is 7.35. The molecule has 9 heteroatoms. The zero-order valence-corrected chi connectivity index (χ0v) is 17.2. The SMILES string of the molecule is Cc1ccccc1OCCNC(=O)CN(c1cccc(Cl)c1Cl)S(C)(=O)=O. The van der Waals surface area contributed by atoms with E-state index in [2.05, 4.69) is 5.32 Å². The minimum atomic E-state index is -3.73. The van der Waals surface area contributed by atoms with E-state index in [0.29, 0.717) is 0 Å². The first-order chi connectivity index (χ1) is 12.7. The van der Waals surface area contributed by atoms with Crippen LogP contribution in [0.15, 0.2) is 42.5 Å². The molecule has 6 nitrogen and oxygen atoms in total. The number of sulfonamides is 1. The fraction of sp³-hybridized carbons (Fsp3) is 0.278. The first-order valence-corrected chi connectivity index (χ1v) is 10.7. The van der Waals surface area contributed by atoms with Crippen molar-refractivity contribution in [3.63, 3.8) is 0 Å². The number of halogens is 2. The normalized spacial score (nSPS) is 11.1. The lowest BCUT2D eigenvalue weighted by molar-refractivity contribution is -0.119. The number of carbonyl (C=O) groups excluding carboxylic acids is 1. The molecule has 1 N–H and O–H groups in total. The highest BCUT2D eigenvalue weighted by molar-refractivity contribution is 7.92. The number of carbonyl (C=O) groups is 1. The highest BCUT2D eigenvalue weighted by Crippen LogP contribution is 2.33. The third kappa shape index (κ3) is 6.02. The van der Waals surface area contributed by atoms with Crippen LogP contribution in [0, 0.1) is 6.92 Å². The number of ether oxygens (including phenoxy) is 1. The Morgan fingerprint density at radius 1 is 1.15 bits per heavy atom. The monoisotopic (exact) mass is 430 g/mol. The van der Waals surface area contributed by atoms with Gasteiger partial charge in [0.1, 0.15) is 18.9 Å². The molecule has 0 radical (unpaired) electrons. The summed E-state index contributed by atoms with van der Waals surface area (Å²) in [4.78, 5) is 12.2. The van der Waals surface area contributed by atoms with E-state index in [0.717, 1.165) is 21.9 Å². The number of hydrogen-bond acceptors (Lipinski definition) is 4. The van der Waals surface area contributed by atoms with E-state index in [1.165, 1.54) is 12.1 Å². The lowest BCUT2D eigenvalue weighted by Crippen LogP contribution is -2.41. The second kappa shape index (κ2) is 9.30. The van der Waals surface area contributed by atoms with Crippen LogP contribution in [0.25, 0.3) is 0 Å². The molecule has 2 aromatic carbocycles. The van der Waals surface area contributed by atoms with E-state index < -0.39 is 22.5 Å². The van der Waals surface area contributed by atoms with Gasteiger partial charge in [-0.1, -0.05) is 47.5 Å². The molecule has 1 amide bonds. The van der Waals surface area contributed by atoms with Gasteiger partial charge in [0.25, 0.3) is 0 Å². The Bertz CT molecular complexity index is 919. The Labute approximate surface area is 169 Å². The van der Waals surface area contributed by atoms with Crippen molar-refractivity contribution >= 4 is 44.8 Å². The molecule has 2 rings (SSSR count). The first-order valence-electron chi connectivity index (χ1n) is 8.07. The van der Waals surface area contributed by atoms with Crippen LogP contribution in [0.3, 0.4) is 0 Å². The van der Waals surface area contributed by atoms with E-state index in [4.69, 9.17) is 27.9 Å². The fourth-order valence-electron chi connectivity index (χ4n) is 2.32. The molecule has 0 unspecified atom stereocenters. The number of para-hydroxylation sites is 1. The van der Waals surface area contributed by atoms with Gasteiger partial charge >= 0.3 is 0 Å². The van der Waals surface area contributed by atoms with Crippen molar-refractivity contribution in [3.8, 4) is 5.75 Å². The van der Waals surface area contributed by atoms with Gasteiger partial charge in [0, 0.05) is 0 Å². The lowest BCUT2D eigenvalue weighted by Gasteiger charge is -2.23. The standard InChI is InChI=1S/C18H20Cl2N2O4S/c1-13-6-3-4-9-16(13)26-11-10-21-17(23)12-22(27(2,24)25)15-8-5-7-14(19)18(15)20/h3-9H,10-12H2,1-2H3,(H,21,23). The number of nitrogens with zero attached hydrogens (tertiary/aromatic N) is 1. The van der Waals surface area contributed by atoms with Crippen molar-refractivity contribution < 1.29 is 17.9 Å². The molecule has 0 aromatic heterocycles. The first kappa shape index (κ1) is 21.3. The van der Waals surface area contributed by atoms with E-state index in [9.17, 15) is 13.2 Å². The maximum atomic E-state index is 12.2. The molecule has 0 aliphatic rings. The summed E-state index contributed by atoms with van der Waals surface area (Å²) in [6, 6.07) is 12.1. The number of benzene rings is 2. The number of hydrogen-bond donors (Lipinski definition) is 1. The molecule has 0 aliphatic carbocycles. The summed E-state index contributed by atoms with van der Waals surface area (Å²) in [5, 5.41) is 2.91. The quantitative estimate of drug-likeness (QED) is 0.651. The zero-order valence-electron chi connectivity index (χ0n) is 14.9. The van der Waals surface area contributed by atoms with E-state index in [-0.39, 0.29) is 28.9 Å². The van der Waals surface area contributed by atoms with Crippen molar-refractivity contribution in [2.75, 3.05) is 30.3 Å². The molecule has 0 saturated heterocycles. The van der Waals surface area contributed by atoms with Crippen LogP contribution in [0.5, 0.6) is 5.75 Å². The smallest absolute Gasteiger partial charge is 0.240 e. The average Bonchev–Trinajstić information content (AvgIpc) is 2.60. The van der Waals surface area contributed by atoms with Crippen molar-refractivity contribution in [3.05, 3.63) is 58.1 Å². The van der Waals surface area contributed by atoms with Crippen LogP contribution >= 0.6 is 23.2 Å². The molecular weight excluding hydrogens is 411 g/mol. The molecule has 0 fully saturated rings. The Morgan fingerprint density at radius 3 is 2.52 bits per heavy atom. The molecule has 0 spiro atoms. The molecule has 0 saturated carbocycles. The molecule has 0 aliphatic heterocycles. The maximum absolute atomic E-state index is 12.2. The average molecular weight is 431 g/mol. The van der Waals surface area contributed by atoms with Crippen molar-refractivity contribution in [1.82, 2.24) is 5.32 Å². The van der Waals surface area contributed by atoms with Gasteiger partial charge in [0.05, 0.1) is 28.5 Å². The highest BCUT2D eigenvalue weighted by Gasteiger charge is 2.23. The zero-order chi connectivity index (χ0) is 20.0. The van der Waals surface area contributed by atoms with Crippen LogP contribution in [0.1, 0.15) is 5.56 Å². The van der Waals surface area contributed by atoms with Gasteiger partial charge in [-0.25, -0.2) is 8.42 Å². The predicted molar refractivity (Wildman–Crippen MR) is 108 cm³/mol. The molecule has 0 atom stereocenters. The Morgan fingerprint density at radius 2 is 1.85 bits per heavy atom. The van der Waals surface area contributed by atoms with Gasteiger partial charge in [-0.05, 0) is 30.7 Å². The van der Waals surface area contributed by atoms with Crippen LogP contribution in [0.2, 0.25) is 10.0 Å². The second-order valence-corrected chi connectivity index (χ2v) is 8.50. The van der Waals surface area contributed by atoms with Gasteiger partial charge < -0.3 is 10.1 Å². The van der Waals surface area contributed by atoms with Crippen LogP contribution in [-0.4, -0.2) is 40.3 Å². The third-order valence-corrected chi connectivity index (χ3v) is 5.60. The third-order valence-electron chi connectivity index (χ3n) is 3.66. The number of nitrogens with one attached hydrogen (secondary N) is 1. The summed E-state index contributed by atoms with van der Waals surface area (Å²) in [6.07, 6.45) is 0.999. The van der Waals surface area contributed by atoms with Crippen LogP contribution in [0.4, 0.5) is 5.69 Å². The molecule has 0 heterocycles. The number of aryl methyl sites for hydroxylation is 1. The molecular formula is C18H20Cl2N2O4S. The van der Waals surface area contributed by atoms with Crippen molar-refractivity contribution in [2.45, 2.75) is 6.92 Å². The molecule has 146 valence electrons. The summed E-state index contributed by atoms with van der Waals surface area (Å²) in [5.41, 5.74) is 1.14. The van der Waals surface area contributed by atoms with E-state index in [1.807, 2.05) is 31.2 Å². The van der Waals surface area contributed by atoms with Crippen molar-refractivity contribution in [1.29, 1.82) is 0 Å². The van der Waals surface area contributed by atoms with Gasteiger partial charge in [-0.15, -0.1) is 0 Å². The van der Waals surface area contributed by atoms with Crippen LogP contribution in [-0.2, 0) is 14.8 Å². The summed E-state index contributed by atoms with van der Waals surface area (Å²) >= 11 is 12.0. The number of rotatable bonds is 8. The summed E-state index contributed by atoms with van der Waals surface area (Å²) in [5.74, 6) is 0.250. The summed E-state index contributed by atoms with van der Waals surface area (Å²) in [6.45, 7) is 2.00. The molecule has 27 heavy (non-hydrogen) atoms. The van der Waals surface area contributed by atoms with Gasteiger partial charge in [0.15, 0.2) is 0 Å². The van der Waals surface area contributed by atoms with E-state index >= 15 is 0 Å². The maximum Gasteiger partial charge on any atom is 0.240 e. The molecule has 0 bridgehead atoms. The summed E-state index contributed by atoms with van der Waals surface area (Å²) in [7, 11) is -3.73. The van der Waals surface area contributed by atoms with Crippen LogP contribution < -0.4 is 14.4 Å². The topological polar surface area (TPSA) is 75.7 Å². The number of amides is 1. The predicted octanol–water partition coefficient (Wildman–Crippen LogP) is 3.26. The highest BCUT2D eigenvalue weighted by atomic mass is 35.5. The second-order valence-electron chi connectivity index (χ2n) is 5.81. The van der Waals surface area contributed by atoms with Gasteiger partial charge in [0.2, 0.25) is 15.9 Å². The van der Waals surface area contributed by atoms with E-state index in [1.54, 1.807) is 6.07 Å². The van der Waals surface area contributed by atoms with Crippen molar-refractivity contribution in [2.24, 2.45) is 0 Å². The number of anilines is 1. The fourth-order valence-corrected chi connectivity index (χ4v) is 3.63. The largest absolute Gasteiger partial charge is 0.491 e. The lowest BCUT2D eigenvalue weighted by atomic mass is 10.2. The Balaban J connectivity index is 1.97. The minimum Gasteiger partial charge on any atom is -0.491 e. The summed E-state index contributed by atoms with van der Waals surface area (Å²) < 4.78 is 30.7. The minimum absolute atomic E-state index is 0.0697.